The number of fused-ring (bicyclic) bond motifs is 3. The maximum atomic E-state index is 13.4. The number of nitrogens with zero attached hydrogens (tertiary/aromatic N) is 3. The molecule has 2 N–H and O–H groups in total. The molecule has 0 radical (unpaired) electrons. The normalized spacial score (nSPS) is 19.3. The van der Waals surface area contributed by atoms with E-state index in [0.717, 1.165) is 12.8 Å². The third-order valence-corrected chi connectivity index (χ3v) is 7.64. The van der Waals surface area contributed by atoms with E-state index < -0.39 is 23.4 Å². The number of hydrogen-bond acceptors (Lipinski definition) is 7. The molecule has 204 valence electrons. The van der Waals surface area contributed by atoms with Crippen molar-refractivity contribution in [3.8, 4) is 0 Å². The summed E-state index contributed by atoms with van der Waals surface area (Å²) in [6.45, 7) is 2.88. The van der Waals surface area contributed by atoms with E-state index in [-0.39, 0.29) is 48.5 Å². The first kappa shape index (κ1) is 26.7. The molecule has 10 heteroatoms. The minimum Gasteiger partial charge on any atom is -0.478 e. The van der Waals surface area contributed by atoms with Crippen molar-refractivity contribution in [3.63, 3.8) is 0 Å². The van der Waals surface area contributed by atoms with E-state index in [1.807, 2.05) is 11.8 Å². The van der Waals surface area contributed by atoms with Crippen LogP contribution in [0, 0.1) is 0 Å². The van der Waals surface area contributed by atoms with Crippen LogP contribution in [0.4, 0.5) is 0 Å². The van der Waals surface area contributed by atoms with Crippen molar-refractivity contribution in [1.29, 1.82) is 0 Å². The van der Waals surface area contributed by atoms with Gasteiger partial charge in [0.2, 0.25) is 0 Å². The monoisotopic (exact) mass is 533 g/mol. The van der Waals surface area contributed by atoms with Gasteiger partial charge >= 0.3 is 5.97 Å². The second-order valence-corrected chi connectivity index (χ2v) is 10.1. The number of morpholine rings is 1. The highest BCUT2D eigenvalue weighted by Gasteiger charge is 2.40. The van der Waals surface area contributed by atoms with Crippen molar-refractivity contribution in [2.75, 3.05) is 13.2 Å². The average molecular weight is 534 g/mol. The van der Waals surface area contributed by atoms with Crippen molar-refractivity contribution in [1.82, 2.24) is 14.7 Å². The lowest BCUT2D eigenvalue weighted by Gasteiger charge is -2.34. The molecule has 1 amide bonds. The van der Waals surface area contributed by atoms with Crippen LogP contribution >= 0.6 is 0 Å². The third kappa shape index (κ3) is 5.22. The fourth-order valence-corrected chi connectivity index (χ4v) is 5.62. The van der Waals surface area contributed by atoms with Crippen LogP contribution in [-0.4, -0.2) is 74.0 Å². The number of carboxylic acids is 1. The SMILES string of the molecule is CCc1nn(C[C@@H](O)CCC(=O)c2ccccc2C(=O)O)c(=O)c2ccc(C(=O)N3C4CCC3COC4)cc12. The molecular formula is C29H31N3O7. The number of rotatable bonds is 9. The summed E-state index contributed by atoms with van der Waals surface area (Å²) in [5.74, 6) is -1.66. The van der Waals surface area contributed by atoms with Crippen LogP contribution in [-0.2, 0) is 17.7 Å². The van der Waals surface area contributed by atoms with Crippen molar-refractivity contribution in [2.24, 2.45) is 0 Å². The number of aliphatic hydroxyl groups is 1. The highest BCUT2D eigenvalue weighted by atomic mass is 16.5. The second-order valence-electron chi connectivity index (χ2n) is 10.1. The van der Waals surface area contributed by atoms with E-state index in [0.29, 0.717) is 41.7 Å². The zero-order valence-electron chi connectivity index (χ0n) is 21.7. The maximum Gasteiger partial charge on any atom is 0.336 e. The predicted molar refractivity (Wildman–Crippen MR) is 142 cm³/mol. The Hall–Kier alpha value is -3.89. The van der Waals surface area contributed by atoms with Gasteiger partial charge in [0.1, 0.15) is 0 Å². The number of ketones is 1. The summed E-state index contributed by atoms with van der Waals surface area (Å²) in [4.78, 5) is 52.6. The Labute approximate surface area is 224 Å². The largest absolute Gasteiger partial charge is 0.478 e. The number of aliphatic hydroxyl groups excluding tert-OH is 1. The quantitative estimate of drug-likeness (QED) is 0.400. The summed E-state index contributed by atoms with van der Waals surface area (Å²) in [7, 11) is 0. The molecule has 2 saturated heterocycles. The maximum absolute atomic E-state index is 13.4. The van der Waals surface area contributed by atoms with Crippen LogP contribution in [0.5, 0.6) is 0 Å². The van der Waals surface area contributed by atoms with E-state index in [1.54, 1.807) is 30.3 Å². The predicted octanol–water partition coefficient (Wildman–Crippen LogP) is 2.68. The minimum absolute atomic E-state index is 0.0374. The summed E-state index contributed by atoms with van der Waals surface area (Å²) in [5, 5.41) is 25.4. The summed E-state index contributed by atoms with van der Waals surface area (Å²) < 4.78 is 6.80. The number of aromatic nitrogens is 2. The van der Waals surface area contributed by atoms with E-state index >= 15 is 0 Å². The van der Waals surface area contributed by atoms with Gasteiger partial charge in [0, 0.05) is 22.9 Å². The van der Waals surface area contributed by atoms with Crippen molar-refractivity contribution in [2.45, 2.75) is 63.8 Å². The number of amides is 1. The number of carboxylic acid groups (broad SMARTS) is 1. The van der Waals surface area contributed by atoms with Crippen LogP contribution in [0.15, 0.2) is 47.3 Å². The van der Waals surface area contributed by atoms with E-state index in [4.69, 9.17) is 4.74 Å². The number of carbonyl (C=O) groups is 3. The Balaban J connectivity index is 1.33. The Morgan fingerprint density at radius 1 is 1.05 bits per heavy atom. The molecule has 5 rings (SSSR count). The number of Topliss-reactive ketones (excluding diaryl/α,β-unsaturated/α-hetero) is 1. The molecule has 2 fully saturated rings. The van der Waals surface area contributed by atoms with Crippen LogP contribution in [0.2, 0.25) is 0 Å². The molecular weight excluding hydrogens is 502 g/mol. The summed E-state index contributed by atoms with van der Waals surface area (Å²) in [5.41, 5.74) is 0.741. The molecule has 2 aliphatic heterocycles. The molecule has 3 atom stereocenters. The Kier molecular flexibility index (Phi) is 7.58. The number of benzene rings is 2. The van der Waals surface area contributed by atoms with E-state index in [1.165, 1.54) is 16.8 Å². The summed E-state index contributed by atoms with van der Waals surface area (Å²) >= 11 is 0. The Morgan fingerprint density at radius 2 is 1.74 bits per heavy atom. The molecule has 2 aliphatic rings. The van der Waals surface area contributed by atoms with Gasteiger partial charge < -0.3 is 19.8 Å². The Morgan fingerprint density at radius 3 is 2.41 bits per heavy atom. The highest BCUT2D eigenvalue weighted by Crippen LogP contribution is 2.31. The van der Waals surface area contributed by atoms with E-state index in [2.05, 4.69) is 5.10 Å². The number of carbonyl (C=O) groups excluding carboxylic acids is 2. The minimum atomic E-state index is -1.19. The van der Waals surface area contributed by atoms with Gasteiger partial charge in [-0.3, -0.25) is 14.4 Å². The molecule has 3 heterocycles. The first-order valence-electron chi connectivity index (χ1n) is 13.3. The first-order valence-corrected chi connectivity index (χ1v) is 13.3. The fraction of sp³-hybridized carbons (Fsp3) is 0.414. The number of hydrogen-bond donors (Lipinski definition) is 2. The number of aryl methyl sites for hydroxylation is 1. The fourth-order valence-electron chi connectivity index (χ4n) is 5.62. The van der Waals surface area contributed by atoms with Crippen LogP contribution in [0.25, 0.3) is 10.8 Å². The second kappa shape index (κ2) is 11.1. The molecule has 2 aromatic carbocycles. The van der Waals surface area contributed by atoms with Gasteiger partial charge in [0.25, 0.3) is 11.5 Å². The summed E-state index contributed by atoms with van der Waals surface area (Å²) in [6.07, 6.45) is 1.28. The van der Waals surface area contributed by atoms with Gasteiger partial charge in [-0.05, 0) is 49.9 Å². The molecule has 0 saturated carbocycles. The van der Waals surface area contributed by atoms with Gasteiger partial charge in [-0.1, -0.05) is 25.1 Å². The van der Waals surface area contributed by atoms with Gasteiger partial charge in [0.15, 0.2) is 5.78 Å². The summed E-state index contributed by atoms with van der Waals surface area (Å²) in [6, 6.07) is 11.1. The smallest absolute Gasteiger partial charge is 0.336 e. The molecule has 10 nitrogen and oxygen atoms in total. The van der Waals surface area contributed by atoms with Crippen LogP contribution < -0.4 is 5.56 Å². The van der Waals surface area contributed by atoms with Gasteiger partial charge in [-0.25, -0.2) is 9.48 Å². The lowest BCUT2D eigenvalue weighted by molar-refractivity contribution is -0.00715. The molecule has 2 unspecified atom stereocenters. The van der Waals surface area contributed by atoms with Gasteiger partial charge in [-0.15, -0.1) is 0 Å². The third-order valence-electron chi connectivity index (χ3n) is 7.64. The first-order chi connectivity index (χ1) is 18.8. The molecule has 2 bridgehead atoms. The van der Waals surface area contributed by atoms with Crippen LogP contribution in [0.1, 0.15) is 69.4 Å². The zero-order valence-corrected chi connectivity index (χ0v) is 21.7. The van der Waals surface area contributed by atoms with E-state index in [9.17, 15) is 29.4 Å². The Bertz CT molecular complexity index is 1480. The number of ether oxygens (including phenoxy) is 1. The number of aromatic carboxylic acids is 1. The van der Waals surface area contributed by atoms with Gasteiger partial charge in [-0.2, -0.15) is 5.10 Å². The van der Waals surface area contributed by atoms with Crippen molar-refractivity contribution >= 4 is 28.4 Å². The van der Waals surface area contributed by atoms with Gasteiger partial charge in [0.05, 0.1) is 54.6 Å². The molecule has 39 heavy (non-hydrogen) atoms. The molecule has 0 spiro atoms. The molecule has 3 aromatic rings. The topological polar surface area (TPSA) is 139 Å². The standard InChI is InChI=1S/C29H31N3O7/c1-2-25-24-13-17(27(35)32-18-8-9-19(32)16-39-15-18)7-11-22(24)28(36)31(30-25)14-20(33)10-12-26(34)21-5-3-4-6-23(21)29(37)38/h3-7,11,13,18-20,33H,2,8-10,12,14-16H2,1H3,(H,37,38)/t18?,19?,20-/m0/s1. The lowest BCUT2D eigenvalue weighted by Crippen LogP contribution is -2.49. The van der Waals surface area contributed by atoms with Crippen molar-refractivity contribution < 1.29 is 29.3 Å². The van der Waals surface area contributed by atoms with Crippen molar-refractivity contribution in [3.05, 3.63) is 75.2 Å². The molecule has 1 aromatic heterocycles. The average Bonchev–Trinajstić information content (AvgIpc) is 3.19. The molecule has 0 aliphatic carbocycles. The van der Waals surface area contributed by atoms with Crippen LogP contribution in [0.3, 0.4) is 0 Å². The highest BCUT2D eigenvalue weighted by molar-refractivity contribution is 6.05. The lowest BCUT2D eigenvalue weighted by atomic mass is 9.99. The zero-order chi connectivity index (χ0) is 27.7.